The first-order chi connectivity index (χ1) is 27.9. The summed E-state index contributed by atoms with van der Waals surface area (Å²) in [5.41, 5.74) is 8.21. The van der Waals surface area contributed by atoms with Crippen molar-refractivity contribution in [1.29, 1.82) is 0 Å². The summed E-state index contributed by atoms with van der Waals surface area (Å²) in [4.78, 5) is 45.2. The Morgan fingerprint density at radius 1 is 0.649 bits per heavy atom. The van der Waals surface area contributed by atoms with Crippen LogP contribution < -0.4 is 20.9 Å². The molecule has 57 heavy (non-hydrogen) atoms. The summed E-state index contributed by atoms with van der Waals surface area (Å²) < 4.78 is 18.2. The number of amides is 1. The second kappa shape index (κ2) is 17.5. The van der Waals surface area contributed by atoms with Crippen LogP contribution in [-0.2, 0) is 9.47 Å². The van der Waals surface area contributed by atoms with E-state index >= 15 is 0 Å². The lowest BCUT2D eigenvalue weighted by atomic mass is 10.1. The molecule has 0 radical (unpaired) electrons. The van der Waals surface area contributed by atoms with Crippen molar-refractivity contribution in [2.45, 2.75) is 62.7 Å². The average Bonchev–Trinajstić information content (AvgIpc) is 4.10. The van der Waals surface area contributed by atoms with Gasteiger partial charge >= 0.3 is 5.97 Å². The topological polar surface area (TPSA) is 213 Å². The highest BCUT2D eigenvalue weighted by Gasteiger charge is 2.28. The van der Waals surface area contributed by atoms with Crippen LogP contribution in [0.1, 0.15) is 71.6 Å². The Morgan fingerprint density at radius 3 is 1.65 bits per heavy atom. The molecule has 0 aromatic carbocycles. The third-order valence-corrected chi connectivity index (χ3v) is 10.7. The van der Waals surface area contributed by atoms with Crippen molar-refractivity contribution in [1.82, 2.24) is 53.6 Å². The van der Waals surface area contributed by atoms with Crippen LogP contribution in [0.15, 0.2) is 74.1 Å². The van der Waals surface area contributed by atoms with Gasteiger partial charge in [-0.2, -0.15) is 10.2 Å². The number of hydrogen-bond acceptors (Lipinski definition) is 13. The van der Waals surface area contributed by atoms with Crippen molar-refractivity contribution in [2.75, 3.05) is 62.4 Å². The number of fused-ring (bicyclic) bond motifs is 2. The first kappa shape index (κ1) is 38.0. The summed E-state index contributed by atoms with van der Waals surface area (Å²) in [6.45, 7) is 6.36. The predicted octanol–water partition coefficient (Wildman–Crippen LogP) is 2.49. The molecule has 10 heterocycles. The summed E-state index contributed by atoms with van der Waals surface area (Å²) in [7, 11) is 0. The van der Waals surface area contributed by atoms with Crippen LogP contribution in [0.25, 0.3) is 11.3 Å². The van der Waals surface area contributed by atoms with Crippen LogP contribution in [0.2, 0.25) is 0 Å². The molecule has 2 atom stereocenters. The van der Waals surface area contributed by atoms with Gasteiger partial charge in [-0.05, 0) is 50.7 Å². The van der Waals surface area contributed by atoms with Gasteiger partial charge in [0.1, 0.15) is 5.69 Å². The molecule has 4 fully saturated rings. The predicted molar refractivity (Wildman–Crippen MR) is 208 cm³/mol. The number of nitrogens with zero attached hydrogens (tertiary/aromatic N) is 12. The maximum atomic E-state index is 12.6. The number of rotatable bonds is 7. The average molecular weight is 781 g/mol. The van der Waals surface area contributed by atoms with Crippen LogP contribution in [0, 0.1) is 0 Å². The monoisotopic (exact) mass is 780 g/mol. The quantitative estimate of drug-likeness (QED) is 0.213. The van der Waals surface area contributed by atoms with Crippen molar-refractivity contribution in [2.24, 2.45) is 5.73 Å². The number of carbonyl (C=O) groups is 2. The number of nitrogens with one attached hydrogen (secondary N) is 1. The maximum absolute atomic E-state index is 12.6. The minimum atomic E-state index is -0.976. The third-order valence-electron chi connectivity index (χ3n) is 10.7. The largest absolute Gasteiger partial charge is 0.476 e. The summed E-state index contributed by atoms with van der Waals surface area (Å²) in [6.07, 6.45) is 24.0. The van der Waals surface area contributed by atoms with Crippen LogP contribution in [0.5, 0.6) is 0 Å². The number of carboxylic acids is 1. The molecule has 1 amide bonds. The molecule has 0 spiro atoms. The normalized spacial score (nSPS) is 20.3. The molecule has 19 nitrogen and oxygen atoms in total. The van der Waals surface area contributed by atoms with E-state index in [9.17, 15) is 9.59 Å². The molecule has 300 valence electrons. The lowest BCUT2D eigenvalue weighted by Crippen LogP contribution is -2.37. The number of nitrogens with two attached hydrogens (primary N) is 1. The fourth-order valence-electron chi connectivity index (χ4n) is 7.65. The lowest BCUT2D eigenvalue weighted by Gasteiger charge is -2.22. The minimum Gasteiger partial charge on any atom is -0.476 e. The van der Waals surface area contributed by atoms with E-state index in [1.165, 1.54) is 6.07 Å². The smallest absolute Gasteiger partial charge is 0.356 e. The zero-order valence-electron chi connectivity index (χ0n) is 31.7. The maximum Gasteiger partial charge on any atom is 0.356 e. The Bertz CT molecular complexity index is 2250. The van der Waals surface area contributed by atoms with Gasteiger partial charge in [0.15, 0.2) is 28.6 Å². The zero-order chi connectivity index (χ0) is 39.1. The van der Waals surface area contributed by atoms with E-state index in [1.807, 2.05) is 44.5 Å². The van der Waals surface area contributed by atoms with Crippen molar-refractivity contribution >= 4 is 34.8 Å². The fraction of sp³-hybridized carbons (Fsp3) is 0.474. The van der Waals surface area contributed by atoms with Crippen LogP contribution in [0.3, 0.4) is 0 Å². The van der Waals surface area contributed by atoms with E-state index in [-0.39, 0.29) is 29.7 Å². The Labute approximate surface area is 328 Å². The second-order valence-corrected chi connectivity index (χ2v) is 14.6. The minimum absolute atomic E-state index is 0.0674. The van der Waals surface area contributed by atoms with E-state index in [0.717, 1.165) is 108 Å². The van der Waals surface area contributed by atoms with E-state index in [1.54, 1.807) is 41.7 Å². The molecular formula is C38H48N14O5. The van der Waals surface area contributed by atoms with Gasteiger partial charge in [0.05, 0.1) is 12.1 Å². The lowest BCUT2D eigenvalue weighted by molar-refractivity contribution is 0.0644. The standard InChI is InChI=1S/C19H23N7O2.C10H13N5.C9H12N2O3/c27-19(16-2-8-26(23-16)15-3-11-28-12-4-15)22-14-1-7-25(13-14)18-17-20-5-9-24(17)10-6-21-18;11-8-1-4-15(7-8)10-9-12-2-5-14(9)6-3-13-10;12-9(13)8-1-4-11(10-8)7-2-5-14-6-3-7/h2,5-6,8-10,14-15H,1,3-4,7,11-13H2,(H,22,27);2-3,5-6,8H,1,4,7,11H2;1,4,7H,2-3,5-6H2,(H,12,13)/t14-;8-;/m00./s1. The number of aromatic carboxylic acids is 1. The van der Waals surface area contributed by atoms with Gasteiger partial charge in [-0.3, -0.25) is 14.2 Å². The van der Waals surface area contributed by atoms with Crippen LogP contribution in [0.4, 0.5) is 11.6 Å². The van der Waals surface area contributed by atoms with Crippen molar-refractivity contribution in [3.8, 4) is 0 Å². The Balaban J connectivity index is 0.000000132. The molecule has 4 aliphatic rings. The number of carbonyl (C=O) groups excluding carboxylic acids is 1. The third kappa shape index (κ3) is 8.90. The molecule has 0 bridgehead atoms. The van der Waals surface area contributed by atoms with Gasteiger partial charge in [-0.1, -0.05) is 0 Å². The molecule has 10 rings (SSSR count). The molecular weight excluding hydrogens is 733 g/mol. The van der Waals surface area contributed by atoms with Crippen LogP contribution >= 0.6 is 0 Å². The Kier molecular flexibility index (Phi) is 11.6. The van der Waals surface area contributed by atoms with Crippen LogP contribution in [-0.4, -0.2) is 130 Å². The van der Waals surface area contributed by atoms with E-state index < -0.39 is 5.97 Å². The molecule has 4 aliphatic heterocycles. The summed E-state index contributed by atoms with van der Waals surface area (Å²) >= 11 is 0. The van der Waals surface area contributed by atoms with E-state index in [0.29, 0.717) is 18.3 Å². The van der Waals surface area contributed by atoms with Crippen molar-refractivity contribution < 1.29 is 24.2 Å². The first-order valence-electron chi connectivity index (χ1n) is 19.5. The number of aromatic nitrogens is 10. The summed E-state index contributed by atoms with van der Waals surface area (Å²) in [6, 6.07) is 4.26. The highest BCUT2D eigenvalue weighted by atomic mass is 16.5. The van der Waals surface area contributed by atoms with Gasteiger partial charge in [0.25, 0.3) is 5.91 Å². The Morgan fingerprint density at radius 2 is 1.14 bits per heavy atom. The van der Waals surface area contributed by atoms with Gasteiger partial charge < -0.3 is 44.2 Å². The molecule has 6 aromatic rings. The van der Waals surface area contributed by atoms with Gasteiger partial charge in [0, 0.05) is 127 Å². The number of imidazole rings is 2. The summed E-state index contributed by atoms with van der Waals surface area (Å²) in [5.74, 6) is 0.698. The molecule has 6 aromatic heterocycles. The zero-order valence-corrected chi connectivity index (χ0v) is 31.7. The number of hydrogen-bond donors (Lipinski definition) is 3. The van der Waals surface area contributed by atoms with Gasteiger partial charge in [0.2, 0.25) is 0 Å². The van der Waals surface area contributed by atoms with Crippen molar-refractivity contribution in [3.63, 3.8) is 0 Å². The van der Waals surface area contributed by atoms with Crippen molar-refractivity contribution in [3.05, 3.63) is 85.5 Å². The first-order valence-corrected chi connectivity index (χ1v) is 19.5. The summed E-state index contributed by atoms with van der Waals surface area (Å²) in [5, 5.41) is 20.3. The number of ether oxygens (including phenoxy) is 2. The molecule has 19 heteroatoms. The fourth-order valence-corrected chi connectivity index (χ4v) is 7.65. The second-order valence-electron chi connectivity index (χ2n) is 14.6. The van der Waals surface area contributed by atoms with Gasteiger partial charge in [-0.25, -0.2) is 24.7 Å². The highest BCUT2D eigenvalue weighted by molar-refractivity contribution is 5.92. The Hall–Kier alpha value is -5.92. The molecule has 4 N–H and O–H groups in total. The molecule has 0 aliphatic carbocycles. The van der Waals surface area contributed by atoms with E-state index in [2.05, 4.69) is 45.2 Å². The number of anilines is 2. The van der Waals surface area contributed by atoms with E-state index in [4.69, 9.17) is 20.3 Å². The SMILES string of the molecule is N[C@H]1CCN(c2nccn3ccnc23)C1.O=C(N[C@H]1CCN(c2nccn3ccnc23)C1)c1ccn(C2CCOCC2)n1.O=C(O)c1ccn(C2CCOCC2)n1. The van der Waals surface area contributed by atoms with Gasteiger partial charge in [-0.15, -0.1) is 0 Å². The number of carboxylic acid groups (broad SMARTS) is 1. The molecule has 0 saturated carbocycles. The molecule has 0 unspecified atom stereocenters. The highest BCUT2D eigenvalue weighted by Crippen LogP contribution is 2.24. The molecule has 4 saturated heterocycles.